The van der Waals surface area contributed by atoms with Crippen molar-refractivity contribution in [2.24, 2.45) is 7.05 Å². The number of morpholine rings is 1. The molecule has 4 rings (SSSR count). The number of thiazole rings is 1. The SMILES string of the molecule is Cc1nc(-c2cc(C(=O)NCc3ccc(N4CCOCC4)nc3)n(C)c2)cs1. The van der Waals surface area contributed by atoms with E-state index in [2.05, 4.69) is 20.2 Å². The highest BCUT2D eigenvalue weighted by molar-refractivity contribution is 7.09. The Morgan fingerprint density at radius 3 is 2.82 bits per heavy atom. The molecule has 3 aromatic heterocycles. The summed E-state index contributed by atoms with van der Waals surface area (Å²) in [4.78, 5) is 23.8. The largest absolute Gasteiger partial charge is 0.378 e. The Morgan fingerprint density at radius 1 is 1.32 bits per heavy atom. The van der Waals surface area contributed by atoms with Gasteiger partial charge in [0, 0.05) is 50.0 Å². The summed E-state index contributed by atoms with van der Waals surface area (Å²) in [6, 6.07) is 5.88. The summed E-state index contributed by atoms with van der Waals surface area (Å²) in [5, 5.41) is 5.99. The first-order valence-corrected chi connectivity index (χ1v) is 10.1. The van der Waals surface area contributed by atoms with Crippen LogP contribution < -0.4 is 10.2 Å². The molecule has 0 atom stereocenters. The first-order valence-electron chi connectivity index (χ1n) is 9.25. The van der Waals surface area contributed by atoms with E-state index >= 15 is 0 Å². The number of carbonyl (C=O) groups excluding carboxylic acids is 1. The number of rotatable bonds is 5. The number of nitrogens with zero attached hydrogens (tertiary/aromatic N) is 4. The molecule has 0 unspecified atom stereocenters. The van der Waals surface area contributed by atoms with Gasteiger partial charge in [0.15, 0.2) is 0 Å². The summed E-state index contributed by atoms with van der Waals surface area (Å²) in [5.41, 5.74) is 3.43. The number of ether oxygens (including phenoxy) is 1. The molecule has 4 heterocycles. The van der Waals surface area contributed by atoms with Crippen molar-refractivity contribution < 1.29 is 9.53 Å². The van der Waals surface area contributed by atoms with Gasteiger partial charge >= 0.3 is 0 Å². The molecule has 0 aromatic carbocycles. The Labute approximate surface area is 168 Å². The standard InChI is InChI=1S/C20H23N5O2S/c1-14-23-17(13-28-14)16-9-18(24(2)12-16)20(26)22-11-15-3-4-19(21-10-15)25-5-7-27-8-6-25/h3-4,9-10,12-13H,5-8,11H2,1-2H3,(H,22,26). The molecular weight excluding hydrogens is 374 g/mol. The van der Waals surface area contributed by atoms with Crippen LogP contribution in [0.4, 0.5) is 5.82 Å². The van der Waals surface area contributed by atoms with E-state index in [0.29, 0.717) is 12.2 Å². The van der Waals surface area contributed by atoms with Gasteiger partial charge in [0.25, 0.3) is 5.91 Å². The average molecular weight is 398 g/mol. The molecule has 0 radical (unpaired) electrons. The molecular formula is C20H23N5O2S. The lowest BCUT2D eigenvalue weighted by Crippen LogP contribution is -2.36. The van der Waals surface area contributed by atoms with Crippen molar-refractivity contribution in [1.82, 2.24) is 19.9 Å². The third-order valence-corrected chi connectivity index (χ3v) is 5.52. The molecule has 0 aliphatic carbocycles. The molecule has 7 nitrogen and oxygen atoms in total. The maximum Gasteiger partial charge on any atom is 0.268 e. The fraction of sp³-hybridized carbons (Fsp3) is 0.350. The molecule has 1 aliphatic heterocycles. The molecule has 0 saturated carbocycles. The van der Waals surface area contributed by atoms with Gasteiger partial charge in [0.1, 0.15) is 11.5 Å². The van der Waals surface area contributed by atoms with Gasteiger partial charge in [-0.25, -0.2) is 9.97 Å². The second kappa shape index (κ2) is 8.12. The van der Waals surface area contributed by atoms with Gasteiger partial charge in [0.2, 0.25) is 0 Å². The summed E-state index contributed by atoms with van der Waals surface area (Å²) in [5.74, 6) is 0.835. The van der Waals surface area contributed by atoms with Gasteiger partial charge in [-0.15, -0.1) is 11.3 Å². The average Bonchev–Trinajstić information content (AvgIpc) is 3.33. The van der Waals surface area contributed by atoms with E-state index in [1.165, 1.54) is 0 Å². The lowest BCUT2D eigenvalue weighted by Gasteiger charge is -2.27. The van der Waals surface area contributed by atoms with E-state index in [9.17, 15) is 4.79 Å². The van der Waals surface area contributed by atoms with Crippen LogP contribution in [0.5, 0.6) is 0 Å². The summed E-state index contributed by atoms with van der Waals surface area (Å²) in [7, 11) is 1.87. The summed E-state index contributed by atoms with van der Waals surface area (Å²) < 4.78 is 7.20. The Kier molecular flexibility index (Phi) is 5.40. The van der Waals surface area contributed by atoms with E-state index in [1.54, 1.807) is 11.3 Å². The molecule has 0 spiro atoms. The quantitative estimate of drug-likeness (QED) is 0.717. The Hall–Kier alpha value is -2.71. The van der Waals surface area contributed by atoms with Gasteiger partial charge in [-0.05, 0) is 24.6 Å². The van der Waals surface area contributed by atoms with Gasteiger partial charge in [-0.2, -0.15) is 0 Å². The smallest absolute Gasteiger partial charge is 0.268 e. The van der Waals surface area contributed by atoms with Crippen LogP contribution in [0.3, 0.4) is 0 Å². The van der Waals surface area contributed by atoms with Gasteiger partial charge < -0.3 is 19.5 Å². The highest BCUT2D eigenvalue weighted by atomic mass is 32.1. The molecule has 0 bridgehead atoms. The summed E-state index contributed by atoms with van der Waals surface area (Å²) in [6.07, 6.45) is 3.75. The van der Waals surface area contributed by atoms with Crippen LogP contribution in [-0.2, 0) is 18.3 Å². The maximum atomic E-state index is 12.6. The number of nitrogens with one attached hydrogen (secondary N) is 1. The Balaban J connectivity index is 1.38. The number of hydrogen-bond acceptors (Lipinski definition) is 6. The van der Waals surface area contributed by atoms with Crippen molar-refractivity contribution in [1.29, 1.82) is 0 Å². The van der Waals surface area contributed by atoms with E-state index in [0.717, 1.165) is 53.9 Å². The van der Waals surface area contributed by atoms with E-state index in [4.69, 9.17) is 4.74 Å². The fourth-order valence-electron chi connectivity index (χ4n) is 3.20. The van der Waals surface area contributed by atoms with Crippen molar-refractivity contribution in [3.8, 4) is 11.3 Å². The highest BCUT2D eigenvalue weighted by Crippen LogP contribution is 2.23. The molecule has 8 heteroatoms. The molecule has 1 fully saturated rings. The minimum absolute atomic E-state index is 0.113. The normalized spacial score (nSPS) is 14.3. The minimum Gasteiger partial charge on any atom is -0.378 e. The van der Waals surface area contributed by atoms with Crippen LogP contribution in [0.2, 0.25) is 0 Å². The number of carbonyl (C=O) groups is 1. The maximum absolute atomic E-state index is 12.6. The van der Waals surface area contributed by atoms with Crippen LogP contribution in [-0.4, -0.2) is 46.7 Å². The first kappa shape index (κ1) is 18.6. The topological polar surface area (TPSA) is 72.3 Å². The number of aromatic nitrogens is 3. The summed E-state index contributed by atoms with van der Waals surface area (Å²) >= 11 is 1.60. The monoisotopic (exact) mass is 397 g/mol. The van der Waals surface area contributed by atoms with Crippen molar-refractivity contribution in [3.05, 3.63) is 52.2 Å². The van der Waals surface area contributed by atoms with Gasteiger partial charge in [-0.1, -0.05) is 6.07 Å². The van der Waals surface area contributed by atoms with E-state index in [-0.39, 0.29) is 5.91 Å². The second-order valence-electron chi connectivity index (χ2n) is 6.78. The number of amides is 1. The predicted octanol–water partition coefficient (Wildman–Crippen LogP) is 2.62. The lowest BCUT2D eigenvalue weighted by atomic mass is 10.2. The molecule has 1 N–H and O–H groups in total. The van der Waals surface area contributed by atoms with E-state index in [1.807, 2.05) is 54.5 Å². The van der Waals surface area contributed by atoms with E-state index < -0.39 is 0 Å². The van der Waals surface area contributed by atoms with Crippen molar-refractivity contribution in [2.75, 3.05) is 31.2 Å². The third kappa shape index (κ3) is 4.07. The number of aryl methyl sites for hydroxylation is 2. The summed E-state index contributed by atoms with van der Waals surface area (Å²) in [6.45, 7) is 5.60. The molecule has 1 saturated heterocycles. The predicted molar refractivity (Wildman–Crippen MR) is 110 cm³/mol. The van der Waals surface area contributed by atoms with Crippen molar-refractivity contribution >= 4 is 23.1 Å². The second-order valence-corrected chi connectivity index (χ2v) is 7.85. The zero-order valence-electron chi connectivity index (χ0n) is 16.0. The zero-order valence-corrected chi connectivity index (χ0v) is 16.8. The minimum atomic E-state index is -0.113. The lowest BCUT2D eigenvalue weighted by molar-refractivity contribution is 0.0942. The number of anilines is 1. The Morgan fingerprint density at radius 2 is 2.14 bits per heavy atom. The molecule has 3 aromatic rings. The Bertz CT molecular complexity index is 957. The fourth-order valence-corrected chi connectivity index (χ4v) is 3.82. The van der Waals surface area contributed by atoms with Crippen LogP contribution >= 0.6 is 11.3 Å². The number of pyridine rings is 1. The molecule has 1 amide bonds. The molecule has 28 heavy (non-hydrogen) atoms. The van der Waals surface area contributed by atoms with Crippen LogP contribution in [0.1, 0.15) is 21.1 Å². The zero-order chi connectivity index (χ0) is 19.5. The molecule has 1 aliphatic rings. The van der Waals surface area contributed by atoms with Crippen LogP contribution in [0.15, 0.2) is 36.0 Å². The third-order valence-electron chi connectivity index (χ3n) is 4.75. The van der Waals surface area contributed by atoms with Crippen molar-refractivity contribution in [2.45, 2.75) is 13.5 Å². The van der Waals surface area contributed by atoms with Gasteiger partial charge in [-0.3, -0.25) is 4.79 Å². The van der Waals surface area contributed by atoms with Gasteiger partial charge in [0.05, 0.1) is 23.9 Å². The van der Waals surface area contributed by atoms with Crippen LogP contribution in [0.25, 0.3) is 11.3 Å². The number of hydrogen-bond donors (Lipinski definition) is 1. The van der Waals surface area contributed by atoms with Crippen molar-refractivity contribution in [3.63, 3.8) is 0 Å². The molecule has 146 valence electrons. The van der Waals surface area contributed by atoms with Crippen LogP contribution in [0, 0.1) is 6.92 Å². The highest BCUT2D eigenvalue weighted by Gasteiger charge is 2.15. The first-order chi connectivity index (χ1) is 13.6.